The number of nitrogens with zero attached hydrogens (tertiary/aromatic N) is 4. The van der Waals surface area contributed by atoms with Crippen LogP contribution >= 0.6 is 0 Å². The Bertz CT molecular complexity index is 891. The van der Waals surface area contributed by atoms with Crippen LogP contribution in [0.1, 0.15) is 47.2 Å². The van der Waals surface area contributed by atoms with E-state index in [-0.39, 0.29) is 11.9 Å². The molecule has 0 aliphatic carbocycles. The van der Waals surface area contributed by atoms with Crippen molar-refractivity contribution >= 4 is 11.6 Å². The number of rotatable bonds is 5. The van der Waals surface area contributed by atoms with Gasteiger partial charge in [-0.05, 0) is 51.5 Å². The molecule has 6 heteroatoms. The number of hydrogen-bond donors (Lipinski definition) is 1. The quantitative estimate of drug-likeness (QED) is 0.774. The van der Waals surface area contributed by atoms with E-state index >= 15 is 0 Å². The molecule has 25 heavy (non-hydrogen) atoms. The standard InChI is InChI=1S/C19H23N5O/c1-13(2)23-12-18(10-20-23)21-19(25)17-7-5-6-16(9-17)11-24-15(4)8-14(3)22-24/h5-10,12-13H,11H2,1-4H3,(H,21,25). The average molecular weight is 337 g/mol. The number of carbonyl (C=O) groups is 1. The van der Waals surface area contributed by atoms with Crippen LogP contribution in [0.2, 0.25) is 0 Å². The third kappa shape index (κ3) is 3.96. The zero-order valence-electron chi connectivity index (χ0n) is 15.0. The highest BCUT2D eigenvalue weighted by Gasteiger charge is 2.10. The molecular weight excluding hydrogens is 314 g/mol. The second-order valence-electron chi connectivity index (χ2n) is 6.54. The van der Waals surface area contributed by atoms with Crippen molar-refractivity contribution in [2.75, 3.05) is 5.32 Å². The molecule has 0 atom stereocenters. The predicted octanol–water partition coefficient (Wildman–Crippen LogP) is 3.58. The summed E-state index contributed by atoms with van der Waals surface area (Å²) in [6.45, 7) is 8.74. The van der Waals surface area contributed by atoms with Crippen molar-refractivity contribution in [3.8, 4) is 0 Å². The SMILES string of the molecule is Cc1cc(C)n(Cc2cccc(C(=O)Nc3cnn(C(C)C)c3)c2)n1. The van der Waals surface area contributed by atoms with Crippen LogP contribution in [-0.2, 0) is 6.54 Å². The molecule has 6 nitrogen and oxygen atoms in total. The van der Waals surface area contributed by atoms with Crippen LogP contribution in [0, 0.1) is 13.8 Å². The zero-order valence-corrected chi connectivity index (χ0v) is 15.0. The Labute approximate surface area is 147 Å². The Hall–Kier alpha value is -2.89. The van der Waals surface area contributed by atoms with Gasteiger partial charge in [-0.15, -0.1) is 0 Å². The summed E-state index contributed by atoms with van der Waals surface area (Å²) in [5.41, 5.74) is 4.46. The number of hydrogen-bond acceptors (Lipinski definition) is 3. The minimum absolute atomic E-state index is 0.140. The lowest BCUT2D eigenvalue weighted by atomic mass is 10.1. The lowest BCUT2D eigenvalue weighted by Gasteiger charge is -2.08. The van der Waals surface area contributed by atoms with Crippen LogP contribution in [0.15, 0.2) is 42.7 Å². The first-order valence-corrected chi connectivity index (χ1v) is 8.38. The Morgan fingerprint density at radius 2 is 2.04 bits per heavy atom. The maximum Gasteiger partial charge on any atom is 0.255 e. The molecule has 0 saturated carbocycles. The van der Waals surface area contributed by atoms with Crippen molar-refractivity contribution in [2.24, 2.45) is 0 Å². The van der Waals surface area contributed by atoms with Gasteiger partial charge in [-0.3, -0.25) is 14.2 Å². The lowest BCUT2D eigenvalue weighted by molar-refractivity contribution is 0.102. The third-order valence-electron chi connectivity index (χ3n) is 4.01. The molecule has 1 N–H and O–H groups in total. The van der Waals surface area contributed by atoms with Crippen LogP contribution < -0.4 is 5.32 Å². The molecule has 0 unspecified atom stereocenters. The van der Waals surface area contributed by atoms with Crippen molar-refractivity contribution in [3.05, 3.63) is 65.2 Å². The van der Waals surface area contributed by atoms with Crippen LogP contribution in [0.5, 0.6) is 0 Å². The predicted molar refractivity (Wildman–Crippen MR) is 97.8 cm³/mol. The van der Waals surface area contributed by atoms with Gasteiger partial charge in [-0.1, -0.05) is 12.1 Å². The first kappa shape index (κ1) is 17.0. The summed E-state index contributed by atoms with van der Waals surface area (Å²) >= 11 is 0. The number of anilines is 1. The van der Waals surface area contributed by atoms with E-state index in [9.17, 15) is 4.79 Å². The number of aryl methyl sites for hydroxylation is 2. The van der Waals surface area contributed by atoms with Gasteiger partial charge < -0.3 is 5.32 Å². The van der Waals surface area contributed by atoms with E-state index in [1.165, 1.54) is 0 Å². The summed E-state index contributed by atoms with van der Waals surface area (Å²) in [4.78, 5) is 12.5. The van der Waals surface area contributed by atoms with E-state index in [1.54, 1.807) is 6.20 Å². The monoisotopic (exact) mass is 337 g/mol. The van der Waals surface area contributed by atoms with Gasteiger partial charge in [-0.25, -0.2) is 0 Å². The normalized spacial score (nSPS) is 11.1. The Kier molecular flexibility index (Phi) is 4.70. The maximum atomic E-state index is 12.5. The van der Waals surface area contributed by atoms with Gasteiger partial charge in [0.2, 0.25) is 0 Å². The van der Waals surface area contributed by atoms with E-state index < -0.39 is 0 Å². The van der Waals surface area contributed by atoms with E-state index in [1.807, 2.05) is 73.6 Å². The van der Waals surface area contributed by atoms with E-state index in [2.05, 4.69) is 15.5 Å². The zero-order chi connectivity index (χ0) is 18.0. The summed E-state index contributed by atoms with van der Waals surface area (Å²) < 4.78 is 3.76. The van der Waals surface area contributed by atoms with Gasteiger partial charge in [0.05, 0.1) is 24.1 Å². The van der Waals surface area contributed by atoms with Gasteiger partial charge >= 0.3 is 0 Å². The summed E-state index contributed by atoms with van der Waals surface area (Å²) in [6, 6.07) is 9.92. The molecule has 0 aliphatic heterocycles. The Morgan fingerprint density at radius 3 is 2.68 bits per heavy atom. The topological polar surface area (TPSA) is 64.7 Å². The third-order valence-corrected chi connectivity index (χ3v) is 4.01. The molecule has 0 bridgehead atoms. The maximum absolute atomic E-state index is 12.5. The van der Waals surface area contributed by atoms with Crippen molar-refractivity contribution < 1.29 is 4.79 Å². The largest absolute Gasteiger partial charge is 0.319 e. The van der Waals surface area contributed by atoms with Gasteiger partial charge in [0.15, 0.2) is 0 Å². The lowest BCUT2D eigenvalue weighted by Crippen LogP contribution is -2.12. The summed E-state index contributed by atoms with van der Waals surface area (Å²) in [5, 5.41) is 11.6. The number of carbonyl (C=O) groups excluding carboxylic acids is 1. The molecule has 0 saturated heterocycles. The molecule has 1 amide bonds. The molecular formula is C19H23N5O. The van der Waals surface area contributed by atoms with E-state index in [4.69, 9.17) is 0 Å². The summed E-state index contributed by atoms with van der Waals surface area (Å²) in [7, 11) is 0. The highest BCUT2D eigenvalue weighted by atomic mass is 16.1. The minimum atomic E-state index is -0.140. The molecule has 2 aromatic heterocycles. The Morgan fingerprint density at radius 1 is 1.24 bits per heavy atom. The van der Waals surface area contributed by atoms with Crippen molar-refractivity contribution in [2.45, 2.75) is 40.3 Å². The summed E-state index contributed by atoms with van der Waals surface area (Å²) in [5.74, 6) is -0.140. The van der Waals surface area contributed by atoms with Gasteiger partial charge in [0.25, 0.3) is 5.91 Å². The fraction of sp³-hybridized carbons (Fsp3) is 0.316. The molecule has 130 valence electrons. The number of aromatic nitrogens is 4. The molecule has 0 fully saturated rings. The van der Waals surface area contributed by atoms with Crippen LogP contribution in [-0.4, -0.2) is 25.5 Å². The van der Waals surface area contributed by atoms with Gasteiger partial charge in [-0.2, -0.15) is 10.2 Å². The first-order valence-electron chi connectivity index (χ1n) is 8.38. The molecule has 3 aromatic rings. The number of amides is 1. The van der Waals surface area contributed by atoms with Gasteiger partial charge in [0, 0.05) is 23.5 Å². The van der Waals surface area contributed by atoms with Crippen molar-refractivity contribution in [3.63, 3.8) is 0 Å². The highest BCUT2D eigenvalue weighted by molar-refractivity contribution is 6.04. The second-order valence-corrected chi connectivity index (χ2v) is 6.54. The van der Waals surface area contributed by atoms with Crippen LogP contribution in [0.25, 0.3) is 0 Å². The molecule has 3 rings (SSSR count). The van der Waals surface area contributed by atoms with Crippen molar-refractivity contribution in [1.82, 2.24) is 19.6 Å². The highest BCUT2D eigenvalue weighted by Crippen LogP contribution is 2.14. The number of nitrogens with one attached hydrogen (secondary N) is 1. The van der Waals surface area contributed by atoms with Crippen LogP contribution in [0.3, 0.4) is 0 Å². The fourth-order valence-electron chi connectivity index (χ4n) is 2.71. The molecule has 1 aromatic carbocycles. The van der Waals surface area contributed by atoms with Crippen molar-refractivity contribution in [1.29, 1.82) is 0 Å². The van der Waals surface area contributed by atoms with E-state index in [0.717, 1.165) is 17.0 Å². The van der Waals surface area contributed by atoms with Gasteiger partial charge in [0.1, 0.15) is 0 Å². The summed E-state index contributed by atoms with van der Waals surface area (Å²) in [6.07, 6.45) is 3.50. The molecule has 0 radical (unpaired) electrons. The number of benzene rings is 1. The second kappa shape index (κ2) is 6.93. The molecule has 0 spiro atoms. The smallest absolute Gasteiger partial charge is 0.255 e. The average Bonchev–Trinajstić information content (AvgIpc) is 3.14. The minimum Gasteiger partial charge on any atom is -0.319 e. The Balaban J connectivity index is 1.73. The first-order chi connectivity index (χ1) is 11.9. The molecule has 2 heterocycles. The molecule has 0 aliphatic rings. The van der Waals surface area contributed by atoms with E-state index in [0.29, 0.717) is 17.8 Å². The fourth-order valence-corrected chi connectivity index (χ4v) is 2.71. The van der Waals surface area contributed by atoms with Crippen LogP contribution in [0.4, 0.5) is 5.69 Å².